The summed E-state index contributed by atoms with van der Waals surface area (Å²) in [7, 11) is -3.08. The fourth-order valence-corrected chi connectivity index (χ4v) is 2.76. The molecule has 0 aliphatic rings. The maximum atomic E-state index is 11.6. The molecule has 0 saturated heterocycles. The summed E-state index contributed by atoms with van der Waals surface area (Å²) in [5.74, 6) is 0. The highest BCUT2D eigenvalue weighted by molar-refractivity contribution is 7.91. The molecule has 0 amide bonds. The third kappa shape index (κ3) is 4.23. The standard InChI is InChI=1S/C12H19ClN2O2S/c1-4-15-12(9(2)18(3,16)17)7-10-5-6-14-8-11(10)13/h5-6,8-9,12,15H,4,7H2,1-3H3. The van der Waals surface area contributed by atoms with Gasteiger partial charge < -0.3 is 5.32 Å². The third-order valence-corrected chi connectivity index (χ3v) is 5.02. The Morgan fingerprint density at radius 3 is 2.67 bits per heavy atom. The molecule has 0 aromatic carbocycles. The van der Waals surface area contributed by atoms with Gasteiger partial charge >= 0.3 is 0 Å². The van der Waals surface area contributed by atoms with E-state index in [1.54, 1.807) is 19.3 Å². The van der Waals surface area contributed by atoms with Crippen LogP contribution in [-0.4, -0.2) is 37.5 Å². The van der Waals surface area contributed by atoms with Crippen molar-refractivity contribution >= 4 is 21.4 Å². The van der Waals surface area contributed by atoms with Crippen LogP contribution in [0.5, 0.6) is 0 Å². The Balaban J connectivity index is 2.91. The van der Waals surface area contributed by atoms with E-state index in [-0.39, 0.29) is 6.04 Å². The number of rotatable bonds is 6. The first-order valence-corrected chi connectivity index (χ1v) is 8.20. The van der Waals surface area contributed by atoms with Gasteiger partial charge in [0.2, 0.25) is 0 Å². The minimum atomic E-state index is -3.08. The van der Waals surface area contributed by atoms with E-state index < -0.39 is 15.1 Å². The maximum Gasteiger partial charge on any atom is 0.151 e. The van der Waals surface area contributed by atoms with Gasteiger partial charge in [0, 0.05) is 24.7 Å². The second-order valence-electron chi connectivity index (χ2n) is 4.37. The number of likely N-dealkylation sites (N-methyl/N-ethyl adjacent to an activating group) is 1. The van der Waals surface area contributed by atoms with Gasteiger partial charge in [0.15, 0.2) is 9.84 Å². The van der Waals surface area contributed by atoms with Crippen LogP contribution >= 0.6 is 11.6 Å². The molecule has 18 heavy (non-hydrogen) atoms. The van der Waals surface area contributed by atoms with Gasteiger partial charge in [-0.05, 0) is 31.5 Å². The van der Waals surface area contributed by atoms with E-state index in [0.717, 1.165) is 5.56 Å². The number of aromatic nitrogens is 1. The number of halogens is 1. The predicted molar refractivity (Wildman–Crippen MR) is 74.7 cm³/mol. The molecular formula is C12H19ClN2O2S. The van der Waals surface area contributed by atoms with Gasteiger partial charge in [-0.2, -0.15) is 0 Å². The number of hydrogen-bond donors (Lipinski definition) is 1. The highest BCUT2D eigenvalue weighted by Gasteiger charge is 2.25. The number of hydrogen-bond acceptors (Lipinski definition) is 4. The molecule has 0 bridgehead atoms. The van der Waals surface area contributed by atoms with Gasteiger partial charge in [0.25, 0.3) is 0 Å². The molecule has 1 aromatic rings. The van der Waals surface area contributed by atoms with E-state index in [2.05, 4.69) is 10.3 Å². The van der Waals surface area contributed by atoms with Crippen LogP contribution in [0.25, 0.3) is 0 Å². The van der Waals surface area contributed by atoms with Crippen molar-refractivity contribution in [2.45, 2.75) is 31.6 Å². The second kappa shape index (κ2) is 6.50. The van der Waals surface area contributed by atoms with Crippen molar-refractivity contribution in [3.63, 3.8) is 0 Å². The first-order valence-electron chi connectivity index (χ1n) is 5.87. The summed E-state index contributed by atoms with van der Waals surface area (Å²) >= 11 is 6.05. The Kier molecular flexibility index (Phi) is 5.56. The minimum absolute atomic E-state index is 0.148. The molecule has 0 fully saturated rings. The lowest BCUT2D eigenvalue weighted by Crippen LogP contribution is -2.43. The van der Waals surface area contributed by atoms with Gasteiger partial charge in [-0.3, -0.25) is 4.98 Å². The van der Waals surface area contributed by atoms with Crippen LogP contribution in [0, 0.1) is 0 Å². The first kappa shape index (κ1) is 15.4. The van der Waals surface area contributed by atoms with Crippen molar-refractivity contribution in [3.05, 3.63) is 29.0 Å². The molecule has 2 atom stereocenters. The second-order valence-corrected chi connectivity index (χ2v) is 7.18. The maximum absolute atomic E-state index is 11.6. The van der Waals surface area contributed by atoms with Gasteiger partial charge in [-0.1, -0.05) is 18.5 Å². The van der Waals surface area contributed by atoms with Crippen molar-refractivity contribution in [1.82, 2.24) is 10.3 Å². The first-order chi connectivity index (χ1) is 8.36. The third-order valence-electron chi connectivity index (χ3n) is 3.00. The predicted octanol–water partition coefficient (Wildman–Crippen LogP) is 1.69. The Hall–Kier alpha value is -0.650. The Morgan fingerprint density at radius 1 is 1.50 bits per heavy atom. The summed E-state index contributed by atoms with van der Waals surface area (Å²) in [4.78, 5) is 3.92. The number of nitrogens with one attached hydrogen (secondary N) is 1. The van der Waals surface area contributed by atoms with E-state index in [4.69, 9.17) is 11.6 Å². The Morgan fingerprint density at radius 2 is 2.17 bits per heavy atom. The molecular weight excluding hydrogens is 272 g/mol. The van der Waals surface area contributed by atoms with Crippen molar-refractivity contribution in [3.8, 4) is 0 Å². The van der Waals surface area contributed by atoms with E-state index in [9.17, 15) is 8.42 Å². The SMILES string of the molecule is CCNC(Cc1ccncc1Cl)C(C)S(C)(=O)=O. The van der Waals surface area contributed by atoms with E-state index in [0.29, 0.717) is 18.0 Å². The molecule has 0 spiro atoms. The van der Waals surface area contributed by atoms with Crippen LogP contribution in [0.15, 0.2) is 18.5 Å². The summed E-state index contributed by atoms with van der Waals surface area (Å²) in [5, 5.41) is 3.32. The lowest BCUT2D eigenvalue weighted by Gasteiger charge is -2.24. The monoisotopic (exact) mass is 290 g/mol. The van der Waals surface area contributed by atoms with Crippen LogP contribution in [-0.2, 0) is 16.3 Å². The highest BCUT2D eigenvalue weighted by Crippen LogP contribution is 2.18. The lowest BCUT2D eigenvalue weighted by atomic mass is 10.0. The lowest BCUT2D eigenvalue weighted by molar-refractivity contribution is 0.494. The number of pyridine rings is 1. The summed E-state index contributed by atoms with van der Waals surface area (Å²) in [5.41, 5.74) is 0.910. The van der Waals surface area contributed by atoms with Crippen LogP contribution < -0.4 is 5.32 Å². The van der Waals surface area contributed by atoms with Gasteiger partial charge in [-0.25, -0.2) is 8.42 Å². The van der Waals surface area contributed by atoms with Crippen molar-refractivity contribution in [1.29, 1.82) is 0 Å². The molecule has 4 nitrogen and oxygen atoms in total. The molecule has 0 aliphatic heterocycles. The zero-order valence-corrected chi connectivity index (χ0v) is 12.4. The largest absolute Gasteiger partial charge is 0.313 e. The quantitative estimate of drug-likeness (QED) is 0.866. The van der Waals surface area contributed by atoms with E-state index in [1.807, 2.05) is 13.0 Å². The zero-order chi connectivity index (χ0) is 13.8. The summed E-state index contributed by atoms with van der Waals surface area (Å²) in [6.07, 6.45) is 5.07. The average molecular weight is 291 g/mol. The molecule has 0 radical (unpaired) electrons. The van der Waals surface area contributed by atoms with Gasteiger partial charge in [-0.15, -0.1) is 0 Å². The molecule has 0 aliphatic carbocycles. The fraction of sp³-hybridized carbons (Fsp3) is 0.583. The van der Waals surface area contributed by atoms with Crippen LogP contribution in [0.3, 0.4) is 0 Å². The molecule has 0 saturated carbocycles. The molecule has 1 rings (SSSR count). The summed E-state index contributed by atoms with van der Waals surface area (Å²) < 4.78 is 23.3. The summed E-state index contributed by atoms with van der Waals surface area (Å²) in [6, 6.07) is 1.67. The molecule has 2 unspecified atom stereocenters. The van der Waals surface area contributed by atoms with E-state index in [1.165, 1.54) is 6.26 Å². The molecule has 1 N–H and O–H groups in total. The average Bonchev–Trinajstić information content (AvgIpc) is 2.29. The normalized spacial score (nSPS) is 15.3. The van der Waals surface area contributed by atoms with Crippen LogP contribution in [0.2, 0.25) is 5.02 Å². The molecule has 6 heteroatoms. The topological polar surface area (TPSA) is 59.1 Å². The fourth-order valence-electron chi connectivity index (χ4n) is 1.77. The van der Waals surface area contributed by atoms with Gasteiger partial charge in [0.1, 0.15) is 0 Å². The Bertz CT molecular complexity index is 491. The van der Waals surface area contributed by atoms with Crippen LogP contribution in [0.4, 0.5) is 0 Å². The molecule has 1 aromatic heterocycles. The minimum Gasteiger partial charge on any atom is -0.313 e. The zero-order valence-electron chi connectivity index (χ0n) is 10.9. The summed E-state index contributed by atoms with van der Waals surface area (Å²) in [6.45, 7) is 4.39. The van der Waals surface area contributed by atoms with Gasteiger partial charge in [0.05, 0.1) is 10.3 Å². The molecule has 102 valence electrons. The smallest absolute Gasteiger partial charge is 0.151 e. The van der Waals surface area contributed by atoms with Crippen LogP contribution in [0.1, 0.15) is 19.4 Å². The Labute approximate surface area is 114 Å². The number of nitrogens with zero attached hydrogens (tertiary/aromatic N) is 1. The van der Waals surface area contributed by atoms with Crippen molar-refractivity contribution < 1.29 is 8.42 Å². The number of sulfone groups is 1. The van der Waals surface area contributed by atoms with Crippen molar-refractivity contribution in [2.24, 2.45) is 0 Å². The highest BCUT2D eigenvalue weighted by atomic mass is 35.5. The van der Waals surface area contributed by atoms with E-state index >= 15 is 0 Å². The van der Waals surface area contributed by atoms with Crippen molar-refractivity contribution in [2.75, 3.05) is 12.8 Å². The molecule has 1 heterocycles.